The van der Waals surface area contributed by atoms with Crippen LogP contribution in [0.25, 0.3) is 0 Å². The third kappa shape index (κ3) is 4.58. The molecule has 4 aromatic rings. The van der Waals surface area contributed by atoms with Crippen molar-refractivity contribution in [3.05, 3.63) is 117 Å². The zero-order valence-corrected chi connectivity index (χ0v) is 23.3. The van der Waals surface area contributed by atoms with Crippen LogP contribution in [0.2, 0.25) is 15.1 Å². The Kier molecular flexibility index (Phi) is 7.17. The molecule has 0 aromatic heterocycles. The van der Waals surface area contributed by atoms with E-state index in [2.05, 4.69) is 16.0 Å². The number of hydrogen-bond donors (Lipinski definition) is 3. The van der Waals surface area contributed by atoms with Gasteiger partial charge in [0.15, 0.2) is 5.54 Å². The second kappa shape index (κ2) is 10.3. The van der Waals surface area contributed by atoms with Crippen LogP contribution in [0, 0.1) is 0 Å². The first-order chi connectivity index (χ1) is 18.6. The molecule has 2 amide bonds. The van der Waals surface area contributed by atoms with Crippen molar-refractivity contribution in [1.29, 1.82) is 0 Å². The van der Waals surface area contributed by atoms with Gasteiger partial charge < -0.3 is 10.6 Å². The lowest BCUT2D eigenvalue weighted by Crippen LogP contribution is -2.47. The highest BCUT2D eigenvalue weighted by Gasteiger charge is 2.50. The molecular weight excluding hydrogens is 581 g/mol. The van der Waals surface area contributed by atoms with Crippen LogP contribution < -0.4 is 16.0 Å². The zero-order valence-electron chi connectivity index (χ0n) is 20.3. The summed E-state index contributed by atoms with van der Waals surface area (Å²) in [6, 6.07) is 21.9. The number of carbonyl (C=O) groups is 2. The van der Waals surface area contributed by atoms with E-state index in [9.17, 15) is 18.0 Å². The highest BCUT2D eigenvalue weighted by atomic mass is 35.5. The number of hydrogen-bond acceptors (Lipinski definition) is 5. The van der Waals surface area contributed by atoms with Crippen molar-refractivity contribution in [3.8, 4) is 0 Å². The van der Waals surface area contributed by atoms with Gasteiger partial charge in [0.1, 0.15) is 0 Å². The quantitative estimate of drug-likeness (QED) is 0.246. The number of benzene rings is 4. The maximum Gasteiger partial charge on any atom is 0.257 e. The maximum atomic E-state index is 13.8. The van der Waals surface area contributed by atoms with Gasteiger partial charge in [0.2, 0.25) is 9.84 Å². The van der Waals surface area contributed by atoms with Gasteiger partial charge in [0, 0.05) is 26.9 Å². The summed E-state index contributed by atoms with van der Waals surface area (Å²) in [5, 5.41) is 9.20. The lowest BCUT2D eigenvalue weighted by molar-refractivity contribution is -0.120. The van der Waals surface area contributed by atoms with E-state index in [1.54, 1.807) is 61.6 Å². The summed E-state index contributed by atoms with van der Waals surface area (Å²) < 4.78 is 27.6. The SMILES string of the molecule is CNC1(c2ccccc2Cl)C(=O)Nc2c1cc(Cl)cc2S(=O)(=O)c1ccc(NC(=O)c2ccccc2Cl)cc1. The van der Waals surface area contributed by atoms with Gasteiger partial charge in [-0.1, -0.05) is 65.1 Å². The van der Waals surface area contributed by atoms with E-state index in [1.807, 2.05) is 0 Å². The fourth-order valence-corrected chi connectivity index (χ4v) is 6.89. The van der Waals surface area contributed by atoms with Gasteiger partial charge in [-0.15, -0.1) is 0 Å². The summed E-state index contributed by atoms with van der Waals surface area (Å²) in [6.07, 6.45) is 0. The molecule has 198 valence electrons. The Bertz CT molecular complexity index is 1740. The lowest BCUT2D eigenvalue weighted by atomic mass is 9.84. The molecule has 7 nitrogen and oxygen atoms in total. The predicted octanol–water partition coefficient (Wildman–Crippen LogP) is 6.15. The minimum absolute atomic E-state index is 0.0586. The molecule has 1 heterocycles. The molecule has 0 saturated carbocycles. The fraction of sp³-hybridized carbons (Fsp3) is 0.0714. The number of amides is 2. The largest absolute Gasteiger partial charge is 0.322 e. The second-order valence-electron chi connectivity index (χ2n) is 8.72. The van der Waals surface area contributed by atoms with Crippen LogP contribution in [0.1, 0.15) is 21.5 Å². The molecular formula is C28H20Cl3N3O4S. The Labute approximate surface area is 240 Å². The molecule has 4 aromatic carbocycles. The molecule has 11 heteroatoms. The minimum atomic E-state index is -4.16. The Hall–Kier alpha value is -3.40. The summed E-state index contributed by atoms with van der Waals surface area (Å²) in [6.45, 7) is 0. The van der Waals surface area contributed by atoms with Crippen LogP contribution in [-0.2, 0) is 20.2 Å². The number of halogens is 3. The minimum Gasteiger partial charge on any atom is -0.322 e. The van der Waals surface area contributed by atoms with E-state index in [0.29, 0.717) is 26.9 Å². The highest BCUT2D eigenvalue weighted by molar-refractivity contribution is 7.91. The molecule has 39 heavy (non-hydrogen) atoms. The third-order valence-electron chi connectivity index (χ3n) is 6.53. The molecule has 5 rings (SSSR count). The molecule has 0 spiro atoms. The van der Waals surface area contributed by atoms with Crippen molar-refractivity contribution in [3.63, 3.8) is 0 Å². The summed E-state index contributed by atoms with van der Waals surface area (Å²) in [5.41, 5.74) is 0.0849. The summed E-state index contributed by atoms with van der Waals surface area (Å²) in [7, 11) is -2.57. The van der Waals surface area contributed by atoms with Gasteiger partial charge >= 0.3 is 0 Å². The number of carbonyl (C=O) groups excluding carboxylic acids is 2. The Morgan fingerprint density at radius 3 is 2.13 bits per heavy atom. The first kappa shape index (κ1) is 27.2. The van der Waals surface area contributed by atoms with Crippen molar-refractivity contribution in [1.82, 2.24) is 5.32 Å². The third-order valence-corrected chi connectivity index (χ3v) is 9.20. The topological polar surface area (TPSA) is 104 Å². The van der Waals surface area contributed by atoms with E-state index in [4.69, 9.17) is 34.8 Å². The highest BCUT2D eigenvalue weighted by Crippen LogP contribution is 2.47. The number of nitrogens with one attached hydrogen (secondary N) is 3. The summed E-state index contributed by atoms with van der Waals surface area (Å²) in [5.74, 6) is -0.931. The van der Waals surface area contributed by atoms with Gasteiger partial charge in [-0.25, -0.2) is 8.42 Å². The average Bonchev–Trinajstić information content (AvgIpc) is 3.20. The standard InChI is InChI=1S/C28H20Cl3N3O4S/c1-32-28(20-7-3-5-9-23(20)31)21-14-16(29)15-24(25(21)34-27(28)36)39(37,38)18-12-10-17(11-13-18)33-26(35)19-6-2-4-8-22(19)30/h2-15,32H,1H3,(H,33,35)(H,34,36). The molecule has 1 atom stereocenters. The molecule has 3 N–H and O–H groups in total. The van der Waals surface area contributed by atoms with Crippen LogP contribution in [0.5, 0.6) is 0 Å². The van der Waals surface area contributed by atoms with E-state index >= 15 is 0 Å². The van der Waals surface area contributed by atoms with Crippen molar-refractivity contribution >= 4 is 67.8 Å². The molecule has 0 aliphatic carbocycles. The normalized spacial score (nSPS) is 16.5. The van der Waals surface area contributed by atoms with E-state index in [1.165, 1.54) is 30.3 Å². The van der Waals surface area contributed by atoms with Crippen LogP contribution in [0.4, 0.5) is 11.4 Å². The molecule has 1 unspecified atom stereocenters. The van der Waals surface area contributed by atoms with E-state index < -0.39 is 27.2 Å². The second-order valence-corrected chi connectivity index (χ2v) is 11.9. The molecule has 1 aliphatic heterocycles. The molecule has 0 bridgehead atoms. The van der Waals surface area contributed by atoms with Crippen LogP contribution in [0.15, 0.2) is 94.7 Å². The smallest absolute Gasteiger partial charge is 0.257 e. The molecule has 0 fully saturated rings. The maximum absolute atomic E-state index is 13.8. The number of sulfone groups is 1. The van der Waals surface area contributed by atoms with Gasteiger partial charge in [0.05, 0.1) is 26.1 Å². The van der Waals surface area contributed by atoms with Gasteiger partial charge in [-0.05, 0) is 61.6 Å². The average molecular weight is 601 g/mol. The van der Waals surface area contributed by atoms with Gasteiger partial charge in [0.25, 0.3) is 11.8 Å². The van der Waals surface area contributed by atoms with Gasteiger partial charge in [-0.3, -0.25) is 14.9 Å². The molecule has 0 radical (unpaired) electrons. The molecule has 0 saturated heterocycles. The predicted molar refractivity (Wildman–Crippen MR) is 153 cm³/mol. The fourth-order valence-electron chi connectivity index (χ4n) is 4.65. The molecule has 1 aliphatic rings. The van der Waals surface area contributed by atoms with Crippen molar-refractivity contribution in [2.24, 2.45) is 0 Å². The number of fused-ring (bicyclic) bond motifs is 1. The van der Waals surface area contributed by atoms with Crippen molar-refractivity contribution in [2.45, 2.75) is 15.3 Å². The first-order valence-corrected chi connectivity index (χ1v) is 14.2. The zero-order chi connectivity index (χ0) is 27.9. The first-order valence-electron chi connectivity index (χ1n) is 11.6. The van der Waals surface area contributed by atoms with E-state index in [-0.39, 0.29) is 26.1 Å². The number of rotatable bonds is 6. The van der Waals surface area contributed by atoms with Gasteiger partial charge in [-0.2, -0.15) is 0 Å². The Morgan fingerprint density at radius 1 is 0.846 bits per heavy atom. The monoisotopic (exact) mass is 599 g/mol. The number of likely N-dealkylation sites (N-methyl/N-ethyl adjacent to an activating group) is 1. The number of anilines is 2. The van der Waals surface area contributed by atoms with Crippen molar-refractivity contribution < 1.29 is 18.0 Å². The van der Waals surface area contributed by atoms with Crippen LogP contribution in [-0.4, -0.2) is 27.3 Å². The Balaban J connectivity index is 1.54. The summed E-state index contributed by atoms with van der Waals surface area (Å²) >= 11 is 19.0. The van der Waals surface area contributed by atoms with E-state index in [0.717, 1.165) is 0 Å². The van der Waals surface area contributed by atoms with Crippen LogP contribution >= 0.6 is 34.8 Å². The lowest BCUT2D eigenvalue weighted by Gasteiger charge is -2.28. The Morgan fingerprint density at radius 2 is 1.49 bits per heavy atom. The van der Waals surface area contributed by atoms with Crippen molar-refractivity contribution in [2.75, 3.05) is 17.7 Å². The van der Waals surface area contributed by atoms with Crippen LogP contribution in [0.3, 0.4) is 0 Å². The summed E-state index contributed by atoms with van der Waals surface area (Å²) in [4.78, 5) is 25.8.